The first kappa shape index (κ1) is 13.6. The summed E-state index contributed by atoms with van der Waals surface area (Å²) in [6, 6.07) is 8.63. The van der Waals surface area contributed by atoms with Gasteiger partial charge in [0.15, 0.2) is 0 Å². The van der Waals surface area contributed by atoms with Gasteiger partial charge in [0.05, 0.1) is 0 Å². The van der Waals surface area contributed by atoms with Crippen LogP contribution in [0.15, 0.2) is 23.2 Å². The first-order chi connectivity index (χ1) is 4.33. The Hall–Kier alpha value is -0.00610. The number of aryl methyl sites for hydroxylation is 1. The Balaban J connectivity index is 0. The van der Waals surface area contributed by atoms with E-state index in [1.165, 1.54) is 0 Å². The van der Waals surface area contributed by atoms with Gasteiger partial charge in [-0.2, -0.15) is 24.4 Å². The molecule has 0 radical (unpaired) electrons. The molecule has 0 aromatic heterocycles. The molecule has 1 nitrogen and oxygen atoms in total. The van der Waals surface area contributed by atoms with Crippen molar-refractivity contribution in [1.82, 2.24) is 0 Å². The summed E-state index contributed by atoms with van der Waals surface area (Å²) in [7, 11) is 0. The Kier molecular flexibility index (Phi) is 8.25. The number of nitrogens with zero attached hydrogens (tertiary/aromatic N) is 1. The summed E-state index contributed by atoms with van der Waals surface area (Å²) in [5, 5.41) is 0. The summed E-state index contributed by atoms with van der Waals surface area (Å²) in [5.41, 5.74) is 1.76. The smallest absolute Gasteiger partial charge is 0.485 e. The molecule has 1 aromatic carbocycles. The fraction of sp³-hybridized carbons (Fsp3) is 0.111. The molecule has 0 unspecified atom stereocenters. The van der Waals surface area contributed by atoms with E-state index >= 15 is 0 Å². The van der Waals surface area contributed by atoms with Crippen LogP contribution in [0, 0.1) is 20.4 Å². The van der Waals surface area contributed by atoms with Crippen molar-refractivity contribution < 1.29 is 32.7 Å². The third-order valence-corrected chi connectivity index (χ3v) is 1.06. The SMILES string of the molecule is [CH-]=Nc1[c-]c(C)ccc1.[CH3-].[Y+3]. The zero-order chi connectivity index (χ0) is 6.69. The molecular formula is C9H10NY. The standard InChI is InChI=1S/C8H7N.CH3.Y/c1-7-4-3-5-8(6-7)9-2;;/h2-5H,1H3;1H3;/q-2;-1;+3. The van der Waals surface area contributed by atoms with Crippen molar-refractivity contribution in [3.8, 4) is 0 Å². The topological polar surface area (TPSA) is 12.4 Å². The van der Waals surface area contributed by atoms with Crippen LogP contribution < -0.4 is 0 Å². The van der Waals surface area contributed by atoms with Crippen molar-refractivity contribution in [1.29, 1.82) is 0 Å². The molecule has 0 spiro atoms. The molecule has 0 bridgehead atoms. The predicted octanol–water partition coefficient (Wildman–Crippen LogP) is 2.45. The van der Waals surface area contributed by atoms with E-state index in [9.17, 15) is 0 Å². The molecule has 0 heterocycles. The summed E-state index contributed by atoms with van der Waals surface area (Å²) in [6.07, 6.45) is 0. The molecule has 11 heavy (non-hydrogen) atoms. The van der Waals surface area contributed by atoms with E-state index in [-0.39, 0.29) is 40.1 Å². The molecule has 0 saturated heterocycles. The maximum absolute atomic E-state index is 5.01. The molecular weight excluding hydrogens is 211 g/mol. The number of benzene rings is 1. The van der Waals surface area contributed by atoms with Gasteiger partial charge >= 0.3 is 32.7 Å². The van der Waals surface area contributed by atoms with E-state index in [2.05, 4.69) is 11.1 Å². The maximum atomic E-state index is 5.01. The fourth-order valence-corrected chi connectivity index (χ4v) is 0.644. The number of hydrogen-bond acceptors (Lipinski definition) is 1. The minimum Gasteiger partial charge on any atom is -0.485 e. The zero-order valence-corrected chi connectivity index (χ0v) is 9.67. The third kappa shape index (κ3) is 4.44. The van der Waals surface area contributed by atoms with Gasteiger partial charge in [-0.15, -0.1) is 0 Å². The average molecular weight is 221 g/mol. The van der Waals surface area contributed by atoms with Gasteiger partial charge in [-0.25, -0.2) is 11.8 Å². The van der Waals surface area contributed by atoms with Crippen LogP contribution in [-0.4, -0.2) is 6.72 Å². The van der Waals surface area contributed by atoms with Crippen molar-refractivity contribution >= 4 is 12.4 Å². The van der Waals surface area contributed by atoms with Gasteiger partial charge in [0, 0.05) is 0 Å². The minimum atomic E-state index is 0. The summed E-state index contributed by atoms with van der Waals surface area (Å²) < 4.78 is 0. The maximum Gasteiger partial charge on any atom is 3.00 e. The predicted molar refractivity (Wildman–Crippen MR) is 44.6 cm³/mol. The molecule has 0 saturated carbocycles. The average Bonchev–Trinajstić information content (AvgIpc) is 1.88. The first-order valence-electron chi connectivity index (χ1n) is 2.73. The van der Waals surface area contributed by atoms with E-state index in [0.717, 1.165) is 5.56 Å². The van der Waals surface area contributed by atoms with E-state index < -0.39 is 0 Å². The first-order valence-corrected chi connectivity index (χ1v) is 2.73. The Bertz CT molecular complexity index is 221. The van der Waals surface area contributed by atoms with Crippen LogP contribution in [0.5, 0.6) is 0 Å². The van der Waals surface area contributed by atoms with E-state index in [1.54, 1.807) is 0 Å². The van der Waals surface area contributed by atoms with Crippen LogP contribution in [0.2, 0.25) is 0 Å². The number of hydrogen-bond donors (Lipinski definition) is 0. The molecule has 0 fully saturated rings. The van der Waals surface area contributed by atoms with E-state index in [0.29, 0.717) is 5.69 Å². The summed E-state index contributed by atoms with van der Waals surface area (Å²) >= 11 is 0. The van der Waals surface area contributed by atoms with Crippen molar-refractivity contribution in [2.75, 3.05) is 0 Å². The third-order valence-electron chi connectivity index (χ3n) is 1.06. The van der Waals surface area contributed by atoms with Gasteiger partial charge in [-0.3, -0.25) is 6.07 Å². The molecule has 0 amide bonds. The zero-order valence-electron chi connectivity index (χ0n) is 6.83. The molecule has 1 aromatic rings. The van der Waals surface area contributed by atoms with Crippen LogP contribution in [-0.2, 0) is 32.7 Å². The monoisotopic (exact) mass is 221 g/mol. The van der Waals surface area contributed by atoms with E-state index in [4.69, 9.17) is 6.72 Å². The molecule has 0 aliphatic heterocycles. The molecule has 0 N–H and O–H groups in total. The molecule has 1 rings (SSSR count). The summed E-state index contributed by atoms with van der Waals surface area (Å²) in [5.74, 6) is 0. The normalized spacial score (nSPS) is 7.36. The number of rotatable bonds is 1. The quantitative estimate of drug-likeness (QED) is 0.510. The Morgan fingerprint density at radius 2 is 2.09 bits per heavy atom. The molecule has 0 atom stereocenters. The van der Waals surface area contributed by atoms with Crippen molar-refractivity contribution in [2.45, 2.75) is 6.92 Å². The van der Waals surface area contributed by atoms with Crippen LogP contribution in [0.1, 0.15) is 5.56 Å². The van der Waals surface area contributed by atoms with Gasteiger partial charge in [-0.1, -0.05) is 6.92 Å². The molecule has 2 heteroatoms. The Morgan fingerprint density at radius 3 is 2.45 bits per heavy atom. The second kappa shape index (κ2) is 6.69. The molecule has 0 aliphatic carbocycles. The van der Waals surface area contributed by atoms with Crippen LogP contribution >= 0.6 is 0 Å². The van der Waals surface area contributed by atoms with Crippen LogP contribution in [0.4, 0.5) is 5.69 Å². The van der Waals surface area contributed by atoms with Crippen LogP contribution in [0.3, 0.4) is 0 Å². The van der Waals surface area contributed by atoms with E-state index in [1.807, 2.05) is 25.1 Å². The van der Waals surface area contributed by atoms with Gasteiger partial charge < -0.3 is 12.4 Å². The summed E-state index contributed by atoms with van der Waals surface area (Å²) in [6.45, 7) is 6.97. The molecule has 54 valence electrons. The second-order valence-electron chi connectivity index (χ2n) is 1.85. The van der Waals surface area contributed by atoms with Crippen molar-refractivity contribution in [2.24, 2.45) is 4.99 Å². The van der Waals surface area contributed by atoms with Gasteiger partial charge in [0.25, 0.3) is 0 Å². The van der Waals surface area contributed by atoms with Crippen LogP contribution in [0.25, 0.3) is 0 Å². The Labute approximate surface area is 93.8 Å². The van der Waals surface area contributed by atoms with Gasteiger partial charge in [0.1, 0.15) is 0 Å². The van der Waals surface area contributed by atoms with Crippen molar-refractivity contribution in [3.05, 3.63) is 37.3 Å². The minimum absolute atomic E-state index is 0. The number of aliphatic imine (C=N–C) groups is 1. The fourth-order valence-electron chi connectivity index (χ4n) is 0.644. The Morgan fingerprint density at radius 1 is 1.45 bits per heavy atom. The molecule has 0 aliphatic rings. The largest absolute Gasteiger partial charge is 3.00 e. The van der Waals surface area contributed by atoms with Crippen molar-refractivity contribution in [3.63, 3.8) is 0 Å². The van der Waals surface area contributed by atoms with Gasteiger partial charge in [0.2, 0.25) is 0 Å². The second-order valence-corrected chi connectivity index (χ2v) is 1.85. The summed E-state index contributed by atoms with van der Waals surface area (Å²) in [4.78, 5) is 3.48. The van der Waals surface area contributed by atoms with Gasteiger partial charge in [-0.05, 0) is 0 Å².